The van der Waals surface area contributed by atoms with Crippen LogP contribution in [0.3, 0.4) is 0 Å². The van der Waals surface area contributed by atoms with Gasteiger partial charge in [0.2, 0.25) is 0 Å². The fourth-order valence-electron chi connectivity index (χ4n) is 3.64. The Morgan fingerprint density at radius 3 is 2.52 bits per heavy atom. The van der Waals surface area contributed by atoms with Crippen LogP contribution in [0.2, 0.25) is 0 Å². The van der Waals surface area contributed by atoms with Gasteiger partial charge in [-0.2, -0.15) is 0 Å². The van der Waals surface area contributed by atoms with Crippen LogP contribution in [0.1, 0.15) is 30.9 Å². The van der Waals surface area contributed by atoms with E-state index in [1.807, 2.05) is 68.4 Å². The molecule has 1 atom stereocenters. The molecule has 0 spiro atoms. The molecule has 3 aromatic rings. The third-order valence-electron chi connectivity index (χ3n) is 5.67. The minimum Gasteiger partial charge on any atom is -0.481 e. The van der Waals surface area contributed by atoms with Crippen LogP contribution in [0, 0.1) is 13.8 Å². The van der Waals surface area contributed by atoms with Crippen LogP contribution in [0.15, 0.2) is 54.6 Å². The molecule has 0 bridgehead atoms. The summed E-state index contributed by atoms with van der Waals surface area (Å²) in [6.07, 6.45) is 1.79. The highest BCUT2D eigenvalue weighted by Crippen LogP contribution is 2.24. The minimum absolute atomic E-state index is 0.203. The number of aromatic nitrogens is 2. The van der Waals surface area contributed by atoms with E-state index in [4.69, 9.17) is 4.74 Å². The number of hydrogen-bond acceptors (Lipinski definition) is 5. The first-order chi connectivity index (χ1) is 15.0. The molecule has 2 aromatic carbocycles. The molecule has 4 rings (SSSR count). The zero-order chi connectivity index (χ0) is 21.8. The zero-order valence-electron chi connectivity index (χ0n) is 18.3. The molecular weight excluding hydrogens is 388 g/mol. The van der Waals surface area contributed by atoms with Gasteiger partial charge >= 0.3 is 0 Å². The van der Waals surface area contributed by atoms with Crippen LogP contribution in [0.5, 0.6) is 5.75 Å². The fourth-order valence-corrected chi connectivity index (χ4v) is 3.64. The first-order valence-corrected chi connectivity index (χ1v) is 10.7. The lowest BCUT2D eigenvalue weighted by atomic mass is 10.1. The van der Waals surface area contributed by atoms with Crippen LogP contribution >= 0.6 is 0 Å². The maximum atomic E-state index is 12.6. The Bertz CT molecular complexity index is 1060. The molecule has 2 heterocycles. The van der Waals surface area contributed by atoms with E-state index in [1.165, 1.54) is 18.4 Å². The van der Waals surface area contributed by atoms with Crippen molar-refractivity contribution in [1.29, 1.82) is 0 Å². The third kappa shape index (κ3) is 5.02. The molecule has 1 fully saturated rings. The van der Waals surface area contributed by atoms with Crippen LogP contribution in [0.4, 0.5) is 11.5 Å². The first-order valence-electron chi connectivity index (χ1n) is 10.7. The molecule has 0 radical (unpaired) electrons. The molecule has 1 aliphatic rings. The van der Waals surface area contributed by atoms with Crippen molar-refractivity contribution < 1.29 is 9.53 Å². The van der Waals surface area contributed by atoms with Crippen molar-refractivity contribution in [2.45, 2.75) is 39.7 Å². The predicted octanol–water partition coefficient (Wildman–Crippen LogP) is 4.77. The zero-order valence-corrected chi connectivity index (χ0v) is 18.3. The van der Waals surface area contributed by atoms with Crippen LogP contribution in [-0.4, -0.2) is 35.3 Å². The summed E-state index contributed by atoms with van der Waals surface area (Å²) in [5.74, 6) is 1.40. The quantitative estimate of drug-likeness (QED) is 0.627. The molecule has 31 heavy (non-hydrogen) atoms. The summed E-state index contributed by atoms with van der Waals surface area (Å²) in [5.41, 5.74) is 4.70. The number of amides is 1. The maximum absolute atomic E-state index is 12.6. The summed E-state index contributed by atoms with van der Waals surface area (Å²) in [7, 11) is 0. The number of benzene rings is 2. The molecule has 0 aliphatic carbocycles. The third-order valence-corrected chi connectivity index (χ3v) is 5.67. The summed E-state index contributed by atoms with van der Waals surface area (Å²) in [6.45, 7) is 7.90. The Morgan fingerprint density at radius 2 is 1.81 bits per heavy atom. The van der Waals surface area contributed by atoms with E-state index in [2.05, 4.69) is 20.4 Å². The van der Waals surface area contributed by atoms with Crippen molar-refractivity contribution in [1.82, 2.24) is 10.2 Å². The SMILES string of the molecule is Cc1ccc(OC(C)C(=O)Nc2cccc(-c3ccc(N4CCCC4)nn3)c2)cc1C. The molecule has 160 valence electrons. The summed E-state index contributed by atoms with van der Waals surface area (Å²) in [6, 6.07) is 17.4. The molecule has 1 N–H and O–H groups in total. The molecule has 1 saturated heterocycles. The van der Waals surface area contributed by atoms with Crippen molar-refractivity contribution in [3.8, 4) is 17.0 Å². The van der Waals surface area contributed by atoms with Crippen LogP contribution in [-0.2, 0) is 4.79 Å². The fraction of sp³-hybridized carbons (Fsp3) is 0.320. The summed E-state index contributed by atoms with van der Waals surface area (Å²) in [5, 5.41) is 11.7. The lowest BCUT2D eigenvalue weighted by molar-refractivity contribution is -0.122. The number of ether oxygens (including phenoxy) is 1. The molecule has 1 aromatic heterocycles. The molecule has 6 heteroatoms. The van der Waals surface area contributed by atoms with Gasteiger partial charge in [0.05, 0.1) is 5.69 Å². The van der Waals surface area contributed by atoms with Gasteiger partial charge in [0, 0.05) is 24.3 Å². The minimum atomic E-state index is -0.620. The number of nitrogens with one attached hydrogen (secondary N) is 1. The highest BCUT2D eigenvalue weighted by atomic mass is 16.5. The summed E-state index contributed by atoms with van der Waals surface area (Å²) >= 11 is 0. The summed E-state index contributed by atoms with van der Waals surface area (Å²) in [4.78, 5) is 14.9. The number of rotatable bonds is 6. The van der Waals surface area contributed by atoms with Crippen molar-refractivity contribution in [2.75, 3.05) is 23.3 Å². The van der Waals surface area contributed by atoms with E-state index in [0.29, 0.717) is 11.4 Å². The number of hydrogen-bond donors (Lipinski definition) is 1. The highest BCUT2D eigenvalue weighted by molar-refractivity contribution is 5.94. The summed E-state index contributed by atoms with van der Waals surface area (Å²) < 4.78 is 5.82. The average molecular weight is 417 g/mol. The number of anilines is 2. The maximum Gasteiger partial charge on any atom is 0.265 e. The van der Waals surface area contributed by atoms with Crippen molar-refractivity contribution in [2.24, 2.45) is 0 Å². The predicted molar refractivity (Wildman–Crippen MR) is 124 cm³/mol. The van der Waals surface area contributed by atoms with E-state index in [-0.39, 0.29) is 5.91 Å². The van der Waals surface area contributed by atoms with Gasteiger partial charge in [-0.3, -0.25) is 4.79 Å². The Labute approximate surface area is 183 Å². The van der Waals surface area contributed by atoms with Gasteiger partial charge in [-0.25, -0.2) is 0 Å². The van der Waals surface area contributed by atoms with Gasteiger partial charge in [0.25, 0.3) is 5.91 Å². The molecule has 1 unspecified atom stereocenters. The lowest BCUT2D eigenvalue weighted by Crippen LogP contribution is -2.30. The van der Waals surface area contributed by atoms with Crippen molar-refractivity contribution >= 4 is 17.4 Å². The number of aryl methyl sites for hydroxylation is 2. The Kier molecular flexibility index (Phi) is 6.16. The Balaban J connectivity index is 1.41. The monoisotopic (exact) mass is 416 g/mol. The second-order valence-electron chi connectivity index (χ2n) is 8.05. The number of carbonyl (C=O) groups is 1. The average Bonchev–Trinajstić information content (AvgIpc) is 3.31. The topological polar surface area (TPSA) is 67.3 Å². The van der Waals surface area contributed by atoms with E-state index < -0.39 is 6.10 Å². The van der Waals surface area contributed by atoms with Gasteiger partial charge in [-0.1, -0.05) is 18.2 Å². The van der Waals surface area contributed by atoms with Gasteiger partial charge < -0.3 is 15.0 Å². The van der Waals surface area contributed by atoms with Gasteiger partial charge in [-0.15, -0.1) is 10.2 Å². The highest BCUT2D eigenvalue weighted by Gasteiger charge is 2.16. The molecular formula is C25H28N4O2. The molecule has 1 amide bonds. The van der Waals surface area contributed by atoms with E-state index >= 15 is 0 Å². The molecule has 0 saturated carbocycles. The van der Waals surface area contributed by atoms with E-state index in [9.17, 15) is 4.79 Å². The van der Waals surface area contributed by atoms with Gasteiger partial charge in [-0.05, 0) is 81.1 Å². The number of carbonyl (C=O) groups excluding carboxylic acids is 1. The van der Waals surface area contributed by atoms with Gasteiger partial charge in [0.1, 0.15) is 5.75 Å². The number of nitrogens with zero attached hydrogens (tertiary/aromatic N) is 3. The van der Waals surface area contributed by atoms with Gasteiger partial charge in [0.15, 0.2) is 11.9 Å². The molecule has 1 aliphatic heterocycles. The smallest absolute Gasteiger partial charge is 0.265 e. The lowest BCUT2D eigenvalue weighted by Gasteiger charge is -2.16. The Hall–Kier alpha value is -3.41. The van der Waals surface area contributed by atoms with Crippen LogP contribution in [0.25, 0.3) is 11.3 Å². The Morgan fingerprint density at radius 1 is 1.00 bits per heavy atom. The second-order valence-corrected chi connectivity index (χ2v) is 8.05. The van der Waals surface area contributed by atoms with Crippen LogP contribution < -0.4 is 15.0 Å². The molecule has 6 nitrogen and oxygen atoms in total. The standard InChI is InChI=1S/C25H28N4O2/c1-17-9-10-22(15-18(17)2)31-19(3)25(30)26-21-8-6-7-20(16-21)23-11-12-24(28-27-23)29-13-4-5-14-29/h6-12,15-16,19H,4-5,13-14H2,1-3H3,(H,26,30). The van der Waals surface area contributed by atoms with Crippen molar-refractivity contribution in [3.05, 3.63) is 65.7 Å². The largest absolute Gasteiger partial charge is 0.481 e. The normalized spacial score (nSPS) is 14.4. The van der Waals surface area contributed by atoms with E-state index in [0.717, 1.165) is 35.7 Å². The second kappa shape index (κ2) is 9.16. The van der Waals surface area contributed by atoms with E-state index in [1.54, 1.807) is 6.92 Å². The first kappa shape index (κ1) is 20.8. The van der Waals surface area contributed by atoms with Crippen molar-refractivity contribution in [3.63, 3.8) is 0 Å².